The van der Waals surface area contributed by atoms with Crippen LogP contribution >= 0.6 is 0 Å². The summed E-state index contributed by atoms with van der Waals surface area (Å²) in [5, 5.41) is 0. The fourth-order valence-electron chi connectivity index (χ4n) is 2.17. The molecule has 0 atom stereocenters. The van der Waals surface area contributed by atoms with Crippen LogP contribution < -0.4 is 10.4 Å². The molecule has 0 heterocycles. The predicted octanol–water partition coefficient (Wildman–Crippen LogP) is 3.96. The van der Waals surface area contributed by atoms with E-state index in [9.17, 15) is 0 Å². The molecule has 0 spiro atoms. The molecule has 2 aromatic rings. The number of allylic oxidation sites excluding steroid dienone is 3. The zero-order valence-electron chi connectivity index (χ0n) is 14.0. The van der Waals surface area contributed by atoms with E-state index in [1.807, 2.05) is 90.7 Å². The zero-order valence-corrected chi connectivity index (χ0v) is 19.1. The monoisotopic (exact) mass is 684 g/mol. The van der Waals surface area contributed by atoms with Gasteiger partial charge >= 0.3 is 37.8 Å². The van der Waals surface area contributed by atoms with E-state index in [2.05, 4.69) is 25.3 Å². The Morgan fingerprint density at radius 3 is 2.68 bits per heavy atom. The molecule has 2 aromatic carbocycles. The summed E-state index contributed by atoms with van der Waals surface area (Å²) >= 11 is 3.78. The Bertz CT molecular complexity index is 729. The Balaban J connectivity index is 0.00000151. The van der Waals surface area contributed by atoms with Crippen LogP contribution in [0.4, 0.5) is 11.4 Å². The molecule has 2 nitrogen and oxygen atoms in total. The molecule has 0 saturated heterocycles. The molecule has 0 bridgehead atoms. The average Bonchev–Trinajstić information content (AvgIpc) is 2.68. The molecule has 5 heteroatoms. The fraction of sp³-hybridized carbons (Fsp3) is 0.100. The summed E-state index contributed by atoms with van der Waals surface area (Å²) < 4.78 is 5.38. The van der Waals surface area contributed by atoms with Crippen molar-refractivity contribution in [3.8, 4) is 0 Å². The van der Waals surface area contributed by atoms with Crippen molar-refractivity contribution in [3.05, 3.63) is 91.7 Å². The van der Waals surface area contributed by atoms with Crippen molar-refractivity contribution >= 4 is 24.3 Å². The SMILES string of the molecule is C=C[C-]=C(C=C)N(c1[c-]cccc1)c1cccc([B]OCC)c1.[Os]#[Os]. The Labute approximate surface area is 168 Å². The first kappa shape index (κ1) is 21.8. The summed E-state index contributed by atoms with van der Waals surface area (Å²) in [6, 6.07) is 19.1. The van der Waals surface area contributed by atoms with Crippen LogP contribution in [0.15, 0.2) is 79.5 Å². The van der Waals surface area contributed by atoms with E-state index in [-0.39, 0.29) is 0 Å². The first-order valence-electron chi connectivity index (χ1n) is 7.61. The Kier molecular flexibility index (Phi) is 11.4. The quantitative estimate of drug-likeness (QED) is 0.238. The number of rotatable bonds is 8. The van der Waals surface area contributed by atoms with Gasteiger partial charge in [-0.15, -0.1) is 12.1 Å². The van der Waals surface area contributed by atoms with Gasteiger partial charge in [0.1, 0.15) is 0 Å². The second-order valence-corrected chi connectivity index (χ2v) is 4.69. The van der Waals surface area contributed by atoms with Gasteiger partial charge in [0.25, 0.3) is 0 Å². The van der Waals surface area contributed by atoms with Gasteiger partial charge in [0.2, 0.25) is 0 Å². The summed E-state index contributed by atoms with van der Waals surface area (Å²) in [5.74, 6) is 0. The van der Waals surface area contributed by atoms with E-state index in [4.69, 9.17) is 4.65 Å². The number of para-hydroxylation sites is 1. The molecular formula is C20H19BNOOs2-2. The van der Waals surface area contributed by atoms with E-state index >= 15 is 0 Å². The average molecular weight is 681 g/mol. The molecular weight excluding hydrogens is 661 g/mol. The molecule has 25 heavy (non-hydrogen) atoms. The van der Waals surface area contributed by atoms with Crippen molar-refractivity contribution in [2.75, 3.05) is 11.5 Å². The molecule has 0 aliphatic carbocycles. The Hall–Kier alpha value is -1.24. The second-order valence-electron chi connectivity index (χ2n) is 4.69. The Morgan fingerprint density at radius 1 is 1.28 bits per heavy atom. The first-order chi connectivity index (χ1) is 12.3. The minimum absolute atomic E-state index is 0.641. The van der Waals surface area contributed by atoms with Gasteiger partial charge in [-0.25, -0.2) is 0 Å². The summed E-state index contributed by atoms with van der Waals surface area (Å²) in [6.07, 6.45) is 6.50. The molecule has 0 N–H and O–H groups in total. The number of anilines is 2. The summed E-state index contributed by atoms with van der Waals surface area (Å²) in [4.78, 5) is 2.03. The number of benzene rings is 2. The van der Waals surface area contributed by atoms with Crippen LogP contribution in [0.1, 0.15) is 6.92 Å². The number of hydrogen-bond acceptors (Lipinski definition) is 2. The van der Waals surface area contributed by atoms with E-state index in [1.165, 1.54) is 0 Å². The molecule has 0 aromatic heterocycles. The van der Waals surface area contributed by atoms with E-state index in [0.29, 0.717) is 6.61 Å². The van der Waals surface area contributed by atoms with E-state index in [1.54, 1.807) is 19.6 Å². The third kappa shape index (κ3) is 6.88. The molecule has 0 aliphatic heterocycles. The van der Waals surface area contributed by atoms with Crippen LogP contribution in [0, 0.1) is 12.1 Å². The maximum absolute atomic E-state index is 5.38. The molecule has 0 unspecified atom stereocenters. The van der Waals surface area contributed by atoms with Crippen LogP contribution in [0.3, 0.4) is 0 Å². The van der Waals surface area contributed by atoms with Gasteiger partial charge in [0.15, 0.2) is 0 Å². The second kappa shape index (κ2) is 13.0. The standard InChI is InChI=1S/C20H19BNO.2Os/c1-4-11-18(5-2)22(19-13-8-7-9-14-19)20-15-10-12-17(16-20)21-23-6-3;;/h4-5,7-10,12-13,15-16H,1-2,6H2,3H3;;/q-2;;. The topological polar surface area (TPSA) is 12.5 Å². The molecule has 0 fully saturated rings. The number of hydrogen-bond donors (Lipinski definition) is 0. The van der Waals surface area contributed by atoms with Gasteiger partial charge in [-0.05, 0) is 19.1 Å². The molecule has 131 valence electrons. The van der Waals surface area contributed by atoms with Crippen molar-refractivity contribution in [1.82, 2.24) is 0 Å². The predicted molar refractivity (Wildman–Crippen MR) is 98.0 cm³/mol. The normalized spacial score (nSPS) is 10.2. The van der Waals surface area contributed by atoms with Crippen molar-refractivity contribution < 1.29 is 35.0 Å². The molecule has 0 aliphatic rings. The third-order valence-corrected chi connectivity index (χ3v) is 3.13. The molecule has 1 radical (unpaired) electrons. The van der Waals surface area contributed by atoms with Crippen molar-refractivity contribution in [2.24, 2.45) is 0 Å². The van der Waals surface area contributed by atoms with Crippen molar-refractivity contribution in [2.45, 2.75) is 6.92 Å². The van der Waals surface area contributed by atoms with Gasteiger partial charge < -0.3 is 9.55 Å². The zero-order chi connectivity index (χ0) is 18.5. The van der Waals surface area contributed by atoms with Gasteiger partial charge in [-0.1, -0.05) is 29.0 Å². The van der Waals surface area contributed by atoms with Crippen LogP contribution in [-0.4, -0.2) is 14.1 Å². The maximum atomic E-state index is 5.38. The Morgan fingerprint density at radius 2 is 2.08 bits per heavy atom. The third-order valence-electron chi connectivity index (χ3n) is 3.13. The molecule has 0 amide bonds. The van der Waals surface area contributed by atoms with Crippen LogP contribution in [-0.2, 0) is 35.0 Å². The van der Waals surface area contributed by atoms with Gasteiger partial charge in [0.05, 0.1) is 0 Å². The summed E-state index contributed by atoms with van der Waals surface area (Å²) in [5.41, 5.74) is 3.68. The van der Waals surface area contributed by atoms with Crippen molar-refractivity contribution in [3.63, 3.8) is 0 Å². The minimum atomic E-state index is 0.641. The van der Waals surface area contributed by atoms with Crippen LogP contribution in [0.2, 0.25) is 0 Å². The molecule has 2 rings (SSSR count). The van der Waals surface area contributed by atoms with Gasteiger partial charge in [0, 0.05) is 12.3 Å². The van der Waals surface area contributed by atoms with Gasteiger partial charge in [-0.2, -0.15) is 49.6 Å². The summed E-state index contributed by atoms with van der Waals surface area (Å²) in [6.45, 7) is 10.2. The first-order valence-corrected chi connectivity index (χ1v) is 15.9. The summed E-state index contributed by atoms with van der Waals surface area (Å²) in [7, 11) is 1.75. The number of nitrogens with zero attached hydrogens (tertiary/aromatic N) is 1. The van der Waals surface area contributed by atoms with Crippen LogP contribution in [0.5, 0.6) is 0 Å². The van der Waals surface area contributed by atoms with Gasteiger partial charge in [-0.3, -0.25) is 0 Å². The van der Waals surface area contributed by atoms with E-state index in [0.717, 1.165) is 22.5 Å². The molecule has 0 saturated carbocycles. The fourth-order valence-corrected chi connectivity index (χ4v) is 2.17. The van der Waals surface area contributed by atoms with Crippen molar-refractivity contribution in [1.29, 1.82) is 0 Å². The van der Waals surface area contributed by atoms with Crippen LogP contribution in [0.25, 0.3) is 0 Å². The van der Waals surface area contributed by atoms with E-state index < -0.39 is 0 Å².